The Bertz CT molecular complexity index is 1350. The van der Waals surface area contributed by atoms with Crippen molar-refractivity contribution in [3.05, 3.63) is 95.6 Å². The maximum Gasteiger partial charge on any atom is 0.426 e. The van der Waals surface area contributed by atoms with Gasteiger partial charge in [0.2, 0.25) is 0 Å². The second kappa shape index (κ2) is 12.0. The summed E-state index contributed by atoms with van der Waals surface area (Å²) in [5, 5.41) is 3.39. The van der Waals surface area contributed by atoms with Crippen molar-refractivity contribution < 1.29 is 28.7 Å². The molecule has 40 heavy (non-hydrogen) atoms. The number of hydrazine groups is 1. The molecule has 0 heterocycles. The van der Waals surface area contributed by atoms with Crippen LogP contribution in [0.4, 0.5) is 4.79 Å². The Labute approximate surface area is 233 Å². The minimum atomic E-state index is -1.15. The fraction of sp³-hybridized carbons (Fsp3) is 0.290. The second-order valence-electron chi connectivity index (χ2n) is 10.6. The average molecular weight is 544 g/mol. The summed E-state index contributed by atoms with van der Waals surface area (Å²) >= 11 is 0. The predicted molar refractivity (Wildman–Crippen MR) is 149 cm³/mol. The summed E-state index contributed by atoms with van der Waals surface area (Å²) < 4.78 is 10.6. The molecule has 0 bridgehead atoms. The number of esters is 1. The SMILES string of the molecule is CN(NC(=O)OCC1c2ccccc2-c2ccccc21)C(=O)[C@H](Cc1ccccc1)NC(=O)C(=O)OC(C)(C)C. The molecule has 0 spiro atoms. The van der Waals surface area contributed by atoms with Gasteiger partial charge in [-0.05, 0) is 48.6 Å². The molecule has 0 aromatic heterocycles. The van der Waals surface area contributed by atoms with E-state index in [2.05, 4.69) is 10.7 Å². The normalized spacial score (nSPS) is 12.9. The third kappa shape index (κ3) is 6.85. The minimum absolute atomic E-state index is 0.0741. The van der Waals surface area contributed by atoms with Crippen LogP contribution < -0.4 is 10.7 Å². The Balaban J connectivity index is 1.41. The smallest absolute Gasteiger partial charge is 0.426 e. The van der Waals surface area contributed by atoms with Crippen LogP contribution >= 0.6 is 0 Å². The number of nitrogens with zero attached hydrogens (tertiary/aromatic N) is 1. The van der Waals surface area contributed by atoms with Gasteiger partial charge in [-0.1, -0.05) is 78.9 Å². The van der Waals surface area contributed by atoms with E-state index in [0.717, 1.165) is 32.8 Å². The van der Waals surface area contributed by atoms with E-state index in [1.807, 2.05) is 54.6 Å². The van der Waals surface area contributed by atoms with Crippen molar-refractivity contribution in [2.45, 2.75) is 44.8 Å². The number of fused-ring (bicyclic) bond motifs is 3. The topological polar surface area (TPSA) is 114 Å². The summed E-state index contributed by atoms with van der Waals surface area (Å²) in [4.78, 5) is 50.8. The molecule has 9 heteroatoms. The zero-order valence-corrected chi connectivity index (χ0v) is 23.0. The van der Waals surface area contributed by atoms with Gasteiger partial charge in [0.25, 0.3) is 5.91 Å². The van der Waals surface area contributed by atoms with Crippen molar-refractivity contribution >= 4 is 23.9 Å². The molecule has 4 rings (SSSR count). The number of hydrogen-bond donors (Lipinski definition) is 2. The molecular formula is C31H33N3O6. The van der Waals surface area contributed by atoms with E-state index in [1.165, 1.54) is 7.05 Å². The molecule has 2 N–H and O–H groups in total. The molecule has 0 saturated carbocycles. The summed E-state index contributed by atoms with van der Waals surface area (Å²) in [6.45, 7) is 4.98. The van der Waals surface area contributed by atoms with E-state index >= 15 is 0 Å². The number of ether oxygens (including phenoxy) is 2. The maximum absolute atomic E-state index is 13.3. The third-order valence-corrected chi connectivity index (χ3v) is 6.40. The molecule has 208 valence electrons. The number of amides is 3. The molecule has 9 nitrogen and oxygen atoms in total. The summed E-state index contributed by atoms with van der Waals surface area (Å²) in [6, 6.07) is 23.8. The maximum atomic E-state index is 13.3. The zero-order chi connectivity index (χ0) is 28.9. The van der Waals surface area contributed by atoms with Gasteiger partial charge in [0.15, 0.2) is 0 Å². The summed E-state index contributed by atoms with van der Waals surface area (Å²) in [5.74, 6) is -2.95. The lowest BCUT2D eigenvalue weighted by molar-refractivity contribution is -0.164. The van der Waals surface area contributed by atoms with Crippen molar-refractivity contribution in [2.24, 2.45) is 0 Å². The fourth-order valence-electron chi connectivity index (χ4n) is 4.65. The van der Waals surface area contributed by atoms with E-state index < -0.39 is 35.5 Å². The number of nitrogens with one attached hydrogen (secondary N) is 2. The molecular weight excluding hydrogens is 510 g/mol. The Morgan fingerprint density at radius 3 is 1.98 bits per heavy atom. The monoisotopic (exact) mass is 543 g/mol. The van der Waals surface area contributed by atoms with Gasteiger partial charge in [0.05, 0.1) is 0 Å². The molecule has 0 fully saturated rings. The number of rotatable bonds is 6. The highest BCUT2D eigenvalue weighted by molar-refractivity contribution is 6.33. The molecule has 3 aromatic carbocycles. The first-order valence-electron chi connectivity index (χ1n) is 13.0. The van der Waals surface area contributed by atoms with Gasteiger partial charge in [-0.2, -0.15) is 0 Å². The van der Waals surface area contributed by atoms with Crippen LogP contribution in [0.3, 0.4) is 0 Å². The van der Waals surface area contributed by atoms with Crippen LogP contribution in [0.15, 0.2) is 78.9 Å². The number of carbonyl (C=O) groups excluding carboxylic acids is 4. The van der Waals surface area contributed by atoms with Crippen molar-refractivity contribution in [2.75, 3.05) is 13.7 Å². The molecule has 0 aliphatic heterocycles. The number of benzene rings is 3. The van der Waals surface area contributed by atoms with E-state index in [1.54, 1.807) is 45.0 Å². The Hall–Kier alpha value is -4.66. The van der Waals surface area contributed by atoms with E-state index in [9.17, 15) is 19.2 Å². The molecule has 3 aromatic rings. The summed E-state index contributed by atoms with van der Waals surface area (Å²) in [6.07, 6.45) is -0.736. The quantitative estimate of drug-likeness (QED) is 0.276. The van der Waals surface area contributed by atoms with Gasteiger partial charge < -0.3 is 14.8 Å². The standard InChI is InChI=1S/C31H33N3O6/c1-31(2,3)40-29(37)27(35)32-26(18-20-12-6-5-7-13-20)28(36)34(4)33-30(38)39-19-25-23-16-10-8-14-21(23)22-15-9-11-17-24(22)25/h5-17,25-26H,18-19H2,1-4H3,(H,32,35)(H,33,38)/t26-/m0/s1. The summed E-state index contributed by atoms with van der Waals surface area (Å²) in [5.41, 5.74) is 6.61. The fourth-order valence-corrected chi connectivity index (χ4v) is 4.65. The third-order valence-electron chi connectivity index (χ3n) is 6.40. The lowest BCUT2D eigenvalue weighted by Crippen LogP contribution is -2.55. The Morgan fingerprint density at radius 1 is 0.850 bits per heavy atom. The first-order valence-corrected chi connectivity index (χ1v) is 13.0. The van der Waals surface area contributed by atoms with E-state index in [0.29, 0.717) is 0 Å². The van der Waals surface area contributed by atoms with Gasteiger partial charge >= 0.3 is 18.0 Å². The van der Waals surface area contributed by atoms with E-state index in [-0.39, 0.29) is 18.9 Å². The van der Waals surface area contributed by atoms with Crippen LogP contribution in [0.1, 0.15) is 43.4 Å². The summed E-state index contributed by atoms with van der Waals surface area (Å²) in [7, 11) is 1.35. The van der Waals surface area contributed by atoms with Crippen LogP contribution in [0.2, 0.25) is 0 Å². The van der Waals surface area contributed by atoms with Crippen LogP contribution in [-0.2, 0) is 30.3 Å². The first-order chi connectivity index (χ1) is 19.0. The van der Waals surface area contributed by atoms with Crippen LogP contribution in [-0.4, -0.2) is 54.2 Å². The lowest BCUT2D eigenvalue weighted by Gasteiger charge is -2.25. The van der Waals surface area contributed by atoms with Gasteiger partial charge in [0.1, 0.15) is 18.2 Å². The largest absolute Gasteiger partial charge is 0.453 e. The lowest BCUT2D eigenvalue weighted by atomic mass is 9.98. The van der Waals surface area contributed by atoms with Gasteiger partial charge in [-0.25, -0.2) is 15.0 Å². The number of carbonyl (C=O) groups is 4. The van der Waals surface area contributed by atoms with Crippen LogP contribution in [0, 0.1) is 0 Å². The molecule has 0 radical (unpaired) electrons. The highest BCUT2D eigenvalue weighted by Gasteiger charge is 2.32. The van der Waals surface area contributed by atoms with Gasteiger partial charge in [-0.15, -0.1) is 0 Å². The number of likely N-dealkylation sites (N-methyl/N-ethyl adjacent to an activating group) is 1. The molecule has 3 amide bonds. The molecule has 1 aliphatic rings. The molecule has 1 atom stereocenters. The van der Waals surface area contributed by atoms with E-state index in [4.69, 9.17) is 9.47 Å². The zero-order valence-electron chi connectivity index (χ0n) is 23.0. The van der Waals surface area contributed by atoms with Crippen LogP contribution in [0.5, 0.6) is 0 Å². The van der Waals surface area contributed by atoms with Crippen molar-refractivity contribution in [3.63, 3.8) is 0 Å². The predicted octanol–water partition coefficient (Wildman–Crippen LogP) is 3.97. The number of hydrogen-bond acceptors (Lipinski definition) is 6. The molecule has 0 saturated heterocycles. The Kier molecular flexibility index (Phi) is 8.52. The first kappa shape index (κ1) is 28.4. The van der Waals surface area contributed by atoms with Gasteiger partial charge in [-0.3, -0.25) is 14.6 Å². The van der Waals surface area contributed by atoms with Gasteiger partial charge in [0, 0.05) is 19.4 Å². The van der Waals surface area contributed by atoms with Crippen molar-refractivity contribution in [3.8, 4) is 11.1 Å². The average Bonchev–Trinajstić information content (AvgIpc) is 3.24. The second-order valence-corrected chi connectivity index (χ2v) is 10.6. The highest BCUT2D eigenvalue weighted by atomic mass is 16.6. The highest BCUT2D eigenvalue weighted by Crippen LogP contribution is 2.44. The minimum Gasteiger partial charge on any atom is -0.453 e. The van der Waals surface area contributed by atoms with Crippen molar-refractivity contribution in [1.82, 2.24) is 15.8 Å². The Morgan fingerprint density at radius 2 is 1.40 bits per heavy atom. The van der Waals surface area contributed by atoms with Crippen molar-refractivity contribution in [1.29, 1.82) is 0 Å². The molecule has 1 aliphatic carbocycles. The molecule has 0 unspecified atom stereocenters. The van der Waals surface area contributed by atoms with Crippen LogP contribution in [0.25, 0.3) is 11.1 Å².